The van der Waals surface area contributed by atoms with Gasteiger partial charge in [-0.1, -0.05) is 26.7 Å². The van der Waals surface area contributed by atoms with E-state index < -0.39 is 11.7 Å². The van der Waals surface area contributed by atoms with Crippen LogP contribution in [0.25, 0.3) is 0 Å². The second-order valence-electron chi connectivity index (χ2n) is 7.36. The van der Waals surface area contributed by atoms with E-state index in [1.165, 1.54) is 0 Å². The van der Waals surface area contributed by atoms with Gasteiger partial charge in [-0.25, -0.2) is 0 Å². The van der Waals surface area contributed by atoms with Crippen molar-refractivity contribution in [2.45, 2.75) is 64.6 Å². The molecular formula is C15H24O3. The number of hydrogen-bond donors (Lipinski definition) is 2. The molecule has 0 saturated heterocycles. The molecule has 3 saturated carbocycles. The summed E-state index contributed by atoms with van der Waals surface area (Å²) in [5.74, 6) is 0.431. The van der Waals surface area contributed by atoms with Crippen molar-refractivity contribution in [3.63, 3.8) is 0 Å². The average Bonchev–Trinajstić information content (AvgIpc) is 2.38. The molecule has 3 aliphatic rings. The van der Waals surface area contributed by atoms with Crippen molar-refractivity contribution >= 4 is 5.78 Å². The van der Waals surface area contributed by atoms with Gasteiger partial charge in [0.2, 0.25) is 0 Å². The van der Waals surface area contributed by atoms with Gasteiger partial charge >= 0.3 is 0 Å². The predicted octanol–water partition coefficient (Wildman–Crippen LogP) is 1.90. The van der Waals surface area contributed by atoms with Crippen LogP contribution < -0.4 is 0 Å². The quantitative estimate of drug-likeness (QED) is 0.692. The van der Waals surface area contributed by atoms with Crippen LogP contribution in [0.4, 0.5) is 0 Å². The number of aliphatic hydroxyl groups is 2. The van der Waals surface area contributed by atoms with Crippen molar-refractivity contribution in [3.8, 4) is 0 Å². The third-order valence-corrected chi connectivity index (χ3v) is 6.58. The number of aliphatic hydroxyl groups excluding tert-OH is 1. The van der Waals surface area contributed by atoms with E-state index in [0.29, 0.717) is 12.3 Å². The second kappa shape index (κ2) is 3.37. The summed E-state index contributed by atoms with van der Waals surface area (Å²) in [6, 6.07) is 0. The first kappa shape index (κ1) is 12.6. The molecule has 2 N–H and O–H groups in total. The summed E-state index contributed by atoms with van der Waals surface area (Å²) in [6.07, 6.45) is 3.18. The molecule has 3 fully saturated rings. The summed E-state index contributed by atoms with van der Waals surface area (Å²) in [5, 5.41) is 21.1. The lowest BCUT2D eigenvalue weighted by atomic mass is 9.46. The van der Waals surface area contributed by atoms with E-state index in [9.17, 15) is 15.0 Å². The maximum absolute atomic E-state index is 12.6. The largest absolute Gasteiger partial charge is 0.392 e. The van der Waals surface area contributed by atoms with Crippen LogP contribution in [0.1, 0.15) is 52.9 Å². The lowest BCUT2D eigenvalue weighted by Crippen LogP contribution is -2.59. The Morgan fingerprint density at radius 2 is 2.00 bits per heavy atom. The fourth-order valence-corrected chi connectivity index (χ4v) is 5.86. The van der Waals surface area contributed by atoms with E-state index in [1.807, 2.05) is 6.92 Å². The zero-order chi connectivity index (χ0) is 13.3. The van der Waals surface area contributed by atoms with Crippen LogP contribution in [0.2, 0.25) is 0 Å². The minimum Gasteiger partial charge on any atom is -0.392 e. The zero-order valence-electron chi connectivity index (χ0n) is 11.6. The Balaban J connectivity index is 2.21. The highest BCUT2D eigenvalue weighted by Crippen LogP contribution is 2.72. The van der Waals surface area contributed by atoms with Gasteiger partial charge in [-0.05, 0) is 31.1 Å². The Labute approximate surface area is 109 Å². The van der Waals surface area contributed by atoms with Crippen LogP contribution >= 0.6 is 0 Å². The highest BCUT2D eigenvalue weighted by atomic mass is 16.3. The summed E-state index contributed by atoms with van der Waals surface area (Å²) >= 11 is 0. The van der Waals surface area contributed by atoms with Crippen molar-refractivity contribution in [2.75, 3.05) is 0 Å². The fraction of sp³-hybridized carbons (Fsp3) is 0.933. The van der Waals surface area contributed by atoms with Crippen LogP contribution in [0.15, 0.2) is 0 Å². The maximum Gasteiger partial charge on any atom is 0.142 e. The van der Waals surface area contributed by atoms with Crippen LogP contribution in [0.3, 0.4) is 0 Å². The summed E-state index contributed by atoms with van der Waals surface area (Å²) in [6.45, 7) is 6.15. The topological polar surface area (TPSA) is 57.5 Å². The van der Waals surface area contributed by atoms with Gasteiger partial charge in [-0.2, -0.15) is 0 Å². The molecule has 0 aromatic rings. The molecule has 0 radical (unpaired) electrons. The van der Waals surface area contributed by atoms with Gasteiger partial charge in [-0.3, -0.25) is 4.79 Å². The van der Waals surface area contributed by atoms with Gasteiger partial charge in [0.05, 0.1) is 11.7 Å². The lowest BCUT2D eigenvalue weighted by molar-refractivity contribution is -0.168. The molecule has 0 amide bonds. The minimum absolute atomic E-state index is 0.155. The van der Waals surface area contributed by atoms with Gasteiger partial charge in [0.15, 0.2) is 0 Å². The Kier molecular flexibility index (Phi) is 2.36. The SMILES string of the molecule is C[C@@H]1CCC[C@]23C[C@](C)(O)[C@H]([C@H](O)CC2=O)[C@@]13C. The molecule has 6 atom stereocenters. The molecule has 0 aliphatic heterocycles. The number of Topliss-reactive ketones (excluding diaryl/α,β-unsaturated/α-hetero) is 1. The third-order valence-electron chi connectivity index (χ3n) is 6.58. The standard InChI is InChI=1S/C15H24O3/c1-9-5-4-6-15-8-13(2,18)12(14(9,15)3)10(16)7-11(15)17/h9-10,12,16,18H,4-8H2,1-3H3/t9-,10-,12+,13+,14-,15+/m1/s1. The van der Waals surface area contributed by atoms with E-state index >= 15 is 0 Å². The lowest BCUT2D eigenvalue weighted by Gasteiger charge is -2.57. The Bertz CT molecular complexity index is 403. The highest BCUT2D eigenvalue weighted by Gasteiger charge is 2.74. The molecular weight excluding hydrogens is 228 g/mol. The van der Waals surface area contributed by atoms with E-state index in [4.69, 9.17) is 0 Å². The minimum atomic E-state index is -0.904. The van der Waals surface area contributed by atoms with E-state index in [1.54, 1.807) is 0 Å². The molecule has 0 heterocycles. The van der Waals surface area contributed by atoms with Crippen LogP contribution in [-0.2, 0) is 4.79 Å². The summed E-state index contributed by atoms with van der Waals surface area (Å²) < 4.78 is 0. The number of ketones is 1. The monoisotopic (exact) mass is 252 g/mol. The predicted molar refractivity (Wildman–Crippen MR) is 67.9 cm³/mol. The average molecular weight is 252 g/mol. The number of carbonyl (C=O) groups is 1. The maximum atomic E-state index is 12.6. The third kappa shape index (κ3) is 1.16. The smallest absolute Gasteiger partial charge is 0.142 e. The first-order chi connectivity index (χ1) is 8.26. The first-order valence-electron chi connectivity index (χ1n) is 7.19. The molecule has 2 bridgehead atoms. The number of hydrogen-bond acceptors (Lipinski definition) is 3. The van der Waals surface area contributed by atoms with Gasteiger partial charge in [-0.15, -0.1) is 0 Å². The van der Waals surface area contributed by atoms with Crippen molar-refractivity contribution in [1.82, 2.24) is 0 Å². The highest BCUT2D eigenvalue weighted by molar-refractivity contribution is 5.88. The molecule has 0 unspecified atom stereocenters. The van der Waals surface area contributed by atoms with Crippen LogP contribution in [0, 0.1) is 22.7 Å². The van der Waals surface area contributed by atoms with Gasteiger partial charge < -0.3 is 10.2 Å². The summed E-state index contributed by atoms with van der Waals surface area (Å²) in [7, 11) is 0. The van der Waals surface area contributed by atoms with E-state index in [2.05, 4.69) is 13.8 Å². The van der Waals surface area contributed by atoms with Crippen LogP contribution in [0.5, 0.6) is 0 Å². The molecule has 18 heavy (non-hydrogen) atoms. The molecule has 0 aromatic heterocycles. The molecule has 0 aromatic carbocycles. The Morgan fingerprint density at radius 3 is 2.67 bits per heavy atom. The normalized spacial score (nSPS) is 59.6. The van der Waals surface area contributed by atoms with E-state index in [0.717, 1.165) is 19.3 Å². The van der Waals surface area contributed by atoms with Gasteiger partial charge in [0.25, 0.3) is 0 Å². The van der Waals surface area contributed by atoms with Crippen molar-refractivity contribution in [2.24, 2.45) is 22.7 Å². The van der Waals surface area contributed by atoms with Gasteiger partial charge in [0, 0.05) is 17.8 Å². The second-order valence-corrected chi connectivity index (χ2v) is 7.36. The molecule has 102 valence electrons. The van der Waals surface area contributed by atoms with Gasteiger partial charge in [0.1, 0.15) is 5.78 Å². The number of carbonyl (C=O) groups excluding carboxylic acids is 1. The van der Waals surface area contributed by atoms with Crippen molar-refractivity contribution in [1.29, 1.82) is 0 Å². The molecule has 3 aliphatic carbocycles. The fourth-order valence-electron chi connectivity index (χ4n) is 5.86. The molecule has 3 nitrogen and oxygen atoms in total. The molecule has 3 rings (SSSR count). The van der Waals surface area contributed by atoms with Crippen LogP contribution in [-0.4, -0.2) is 27.7 Å². The Morgan fingerprint density at radius 1 is 1.33 bits per heavy atom. The summed E-state index contributed by atoms with van der Waals surface area (Å²) in [4.78, 5) is 12.6. The number of rotatable bonds is 0. The van der Waals surface area contributed by atoms with E-state index in [-0.39, 0.29) is 29.0 Å². The van der Waals surface area contributed by atoms with Crippen molar-refractivity contribution in [3.05, 3.63) is 0 Å². The van der Waals surface area contributed by atoms with Crippen molar-refractivity contribution < 1.29 is 15.0 Å². The molecule has 3 heteroatoms. The Hall–Kier alpha value is -0.410. The zero-order valence-corrected chi connectivity index (χ0v) is 11.6. The summed E-state index contributed by atoms with van der Waals surface area (Å²) in [5.41, 5.74) is -1.51. The first-order valence-corrected chi connectivity index (χ1v) is 7.19. The molecule has 0 spiro atoms.